The normalized spacial score (nSPS) is 12.4. The lowest BCUT2D eigenvalue weighted by Gasteiger charge is -2.25. The number of methoxy groups -OCH3 is 2. The highest BCUT2D eigenvalue weighted by Crippen LogP contribution is 2.18. The molecule has 1 atom stereocenters. The van der Waals surface area contributed by atoms with Crippen LogP contribution in [0.5, 0.6) is 0 Å². The number of amides is 1. The summed E-state index contributed by atoms with van der Waals surface area (Å²) < 4.78 is 10.0. The van der Waals surface area contributed by atoms with Gasteiger partial charge in [0, 0.05) is 38.8 Å². The van der Waals surface area contributed by atoms with Crippen molar-refractivity contribution >= 4 is 17.2 Å². The maximum atomic E-state index is 12.4. The summed E-state index contributed by atoms with van der Waals surface area (Å²) in [7, 11) is 3.27. The zero-order valence-corrected chi connectivity index (χ0v) is 12.3. The largest absolute Gasteiger partial charge is 0.385 e. The maximum absolute atomic E-state index is 12.4. The number of ether oxygens (including phenoxy) is 2. The van der Waals surface area contributed by atoms with E-state index in [1.807, 2.05) is 17.5 Å². The van der Waals surface area contributed by atoms with E-state index in [9.17, 15) is 4.79 Å². The Kier molecular flexibility index (Phi) is 7.66. The van der Waals surface area contributed by atoms with E-state index >= 15 is 0 Å². The molecule has 19 heavy (non-hydrogen) atoms. The molecule has 0 radical (unpaired) electrons. The predicted octanol–water partition coefficient (Wildman–Crippen LogP) is 1.26. The lowest BCUT2D eigenvalue weighted by molar-refractivity contribution is -0.133. The van der Waals surface area contributed by atoms with Crippen molar-refractivity contribution in [1.82, 2.24) is 4.90 Å². The molecule has 0 spiro atoms. The Morgan fingerprint density at radius 2 is 2.11 bits per heavy atom. The van der Waals surface area contributed by atoms with Crippen LogP contribution in [0.4, 0.5) is 0 Å². The summed E-state index contributed by atoms with van der Waals surface area (Å²) in [5, 5.41) is 1.92. The fourth-order valence-corrected chi connectivity index (χ4v) is 2.44. The minimum absolute atomic E-state index is 0.0596. The zero-order chi connectivity index (χ0) is 14.1. The topological polar surface area (TPSA) is 64.8 Å². The Labute approximate surface area is 118 Å². The second-order valence-corrected chi connectivity index (χ2v) is 5.14. The van der Waals surface area contributed by atoms with Gasteiger partial charge in [0.2, 0.25) is 5.91 Å². The van der Waals surface area contributed by atoms with Crippen LogP contribution in [0.3, 0.4) is 0 Å². The van der Waals surface area contributed by atoms with Gasteiger partial charge in [-0.3, -0.25) is 4.79 Å². The minimum atomic E-state index is -0.584. The first-order valence-corrected chi connectivity index (χ1v) is 7.14. The maximum Gasteiger partial charge on any atom is 0.244 e. The molecule has 1 aromatic heterocycles. The molecule has 1 unspecified atom stereocenters. The molecule has 108 valence electrons. The molecule has 0 bridgehead atoms. The second kappa shape index (κ2) is 9.03. The molecule has 0 saturated heterocycles. The molecular formula is C13H22N2O3S. The molecule has 0 aromatic carbocycles. The fraction of sp³-hybridized carbons (Fsp3) is 0.615. The van der Waals surface area contributed by atoms with Gasteiger partial charge in [-0.25, -0.2) is 0 Å². The summed E-state index contributed by atoms with van der Waals surface area (Å²) in [6.45, 7) is 2.33. The number of hydrogen-bond acceptors (Lipinski definition) is 5. The number of rotatable bonds is 9. The molecule has 1 heterocycles. The van der Waals surface area contributed by atoms with Crippen molar-refractivity contribution in [2.24, 2.45) is 5.73 Å². The minimum Gasteiger partial charge on any atom is -0.385 e. The van der Waals surface area contributed by atoms with E-state index in [1.165, 1.54) is 11.3 Å². The van der Waals surface area contributed by atoms with Crippen molar-refractivity contribution < 1.29 is 14.3 Å². The third-order valence-electron chi connectivity index (χ3n) is 2.77. The van der Waals surface area contributed by atoms with Gasteiger partial charge in [0.15, 0.2) is 0 Å². The second-order valence-electron chi connectivity index (χ2n) is 4.16. The molecule has 1 aromatic rings. The highest BCUT2D eigenvalue weighted by Gasteiger charge is 2.22. The smallest absolute Gasteiger partial charge is 0.244 e. The van der Waals surface area contributed by atoms with Crippen molar-refractivity contribution in [2.45, 2.75) is 12.5 Å². The van der Waals surface area contributed by atoms with Crippen LogP contribution in [-0.4, -0.2) is 51.3 Å². The standard InChI is InChI=1S/C13H22N2O3S/c1-17-8-4-6-15(7-9-18-2)13(16)12(14)11-5-3-10-19-11/h3,5,10,12H,4,6-9,14H2,1-2H3. The van der Waals surface area contributed by atoms with Crippen molar-refractivity contribution in [2.75, 3.05) is 40.5 Å². The monoisotopic (exact) mass is 286 g/mol. The first-order valence-electron chi connectivity index (χ1n) is 6.26. The van der Waals surface area contributed by atoms with E-state index in [-0.39, 0.29) is 5.91 Å². The van der Waals surface area contributed by atoms with Crippen LogP contribution in [0.25, 0.3) is 0 Å². The molecule has 0 aliphatic rings. The molecule has 1 rings (SSSR count). The van der Waals surface area contributed by atoms with Gasteiger partial charge in [-0.05, 0) is 17.9 Å². The molecule has 0 aliphatic heterocycles. The van der Waals surface area contributed by atoms with Gasteiger partial charge in [-0.2, -0.15) is 0 Å². The van der Waals surface area contributed by atoms with E-state index in [4.69, 9.17) is 15.2 Å². The highest BCUT2D eigenvalue weighted by molar-refractivity contribution is 7.10. The third-order valence-corrected chi connectivity index (χ3v) is 3.72. The van der Waals surface area contributed by atoms with Gasteiger partial charge in [0.25, 0.3) is 0 Å². The summed E-state index contributed by atoms with van der Waals surface area (Å²) >= 11 is 1.50. The summed E-state index contributed by atoms with van der Waals surface area (Å²) in [5.74, 6) is -0.0596. The number of thiophene rings is 1. The van der Waals surface area contributed by atoms with Crippen LogP contribution in [0.2, 0.25) is 0 Å². The quantitative estimate of drug-likeness (QED) is 0.694. The van der Waals surface area contributed by atoms with Gasteiger partial charge in [0.05, 0.1) is 6.61 Å². The van der Waals surface area contributed by atoms with Gasteiger partial charge < -0.3 is 20.1 Å². The van der Waals surface area contributed by atoms with Crippen molar-refractivity contribution in [3.05, 3.63) is 22.4 Å². The third kappa shape index (κ3) is 5.28. The Morgan fingerprint density at radius 1 is 1.37 bits per heavy atom. The first-order chi connectivity index (χ1) is 9.20. The van der Waals surface area contributed by atoms with Gasteiger partial charge in [-0.1, -0.05) is 6.07 Å². The molecule has 5 nitrogen and oxygen atoms in total. The lowest BCUT2D eigenvalue weighted by Crippen LogP contribution is -2.41. The first kappa shape index (κ1) is 16.1. The van der Waals surface area contributed by atoms with Crippen LogP contribution in [-0.2, 0) is 14.3 Å². The highest BCUT2D eigenvalue weighted by atomic mass is 32.1. The molecular weight excluding hydrogens is 264 g/mol. The number of carbonyl (C=O) groups is 1. The number of hydrogen-bond donors (Lipinski definition) is 1. The molecule has 1 amide bonds. The van der Waals surface area contributed by atoms with Crippen LogP contribution in [0.15, 0.2) is 17.5 Å². The van der Waals surface area contributed by atoms with Crippen molar-refractivity contribution in [3.63, 3.8) is 0 Å². The summed E-state index contributed by atoms with van der Waals surface area (Å²) in [6, 6.07) is 3.20. The van der Waals surface area contributed by atoms with Crippen LogP contribution in [0, 0.1) is 0 Å². The molecule has 6 heteroatoms. The van der Waals surface area contributed by atoms with Gasteiger partial charge in [-0.15, -0.1) is 11.3 Å². The summed E-state index contributed by atoms with van der Waals surface area (Å²) in [5.41, 5.74) is 6.01. The molecule has 0 fully saturated rings. The Hall–Kier alpha value is -0.950. The predicted molar refractivity (Wildman–Crippen MR) is 76.2 cm³/mol. The van der Waals surface area contributed by atoms with Crippen LogP contribution < -0.4 is 5.73 Å². The van der Waals surface area contributed by atoms with Crippen molar-refractivity contribution in [3.8, 4) is 0 Å². The summed E-state index contributed by atoms with van der Waals surface area (Å²) in [4.78, 5) is 15.0. The fourth-order valence-electron chi connectivity index (χ4n) is 1.72. The van der Waals surface area contributed by atoms with Crippen LogP contribution >= 0.6 is 11.3 Å². The average molecular weight is 286 g/mol. The lowest BCUT2D eigenvalue weighted by atomic mass is 10.2. The SMILES string of the molecule is COCCCN(CCOC)C(=O)C(N)c1cccs1. The number of nitrogens with zero attached hydrogens (tertiary/aromatic N) is 1. The van der Waals surface area contributed by atoms with E-state index in [2.05, 4.69) is 0 Å². The average Bonchev–Trinajstić information content (AvgIpc) is 2.95. The van der Waals surface area contributed by atoms with E-state index in [1.54, 1.807) is 19.1 Å². The number of carbonyl (C=O) groups excluding carboxylic acids is 1. The molecule has 0 saturated carbocycles. The van der Waals surface area contributed by atoms with Gasteiger partial charge in [0.1, 0.15) is 6.04 Å². The Bertz CT molecular complexity index is 357. The van der Waals surface area contributed by atoms with Crippen LogP contribution in [0.1, 0.15) is 17.3 Å². The zero-order valence-electron chi connectivity index (χ0n) is 11.5. The molecule has 0 aliphatic carbocycles. The number of nitrogens with two attached hydrogens (primary N) is 1. The molecule has 2 N–H and O–H groups in total. The summed E-state index contributed by atoms with van der Waals surface area (Å²) in [6.07, 6.45) is 0.795. The Morgan fingerprint density at radius 3 is 2.68 bits per heavy atom. The van der Waals surface area contributed by atoms with Gasteiger partial charge >= 0.3 is 0 Å². The van der Waals surface area contributed by atoms with E-state index < -0.39 is 6.04 Å². The van der Waals surface area contributed by atoms with E-state index in [0.29, 0.717) is 26.3 Å². The Balaban J connectivity index is 2.58. The van der Waals surface area contributed by atoms with E-state index in [0.717, 1.165) is 11.3 Å². The van der Waals surface area contributed by atoms with Crippen molar-refractivity contribution in [1.29, 1.82) is 0 Å².